The Kier molecular flexibility index (Phi) is 5.77. The fraction of sp³-hybridized carbons (Fsp3) is 0.286. The van der Waals surface area contributed by atoms with Crippen molar-refractivity contribution in [3.63, 3.8) is 0 Å². The molecular formula is C21H20N6O4. The second-order valence-corrected chi connectivity index (χ2v) is 7.07. The molecule has 1 fully saturated rings. The van der Waals surface area contributed by atoms with Gasteiger partial charge < -0.3 is 14.2 Å². The third-order valence-corrected chi connectivity index (χ3v) is 5.20. The van der Waals surface area contributed by atoms with E-state index in [-0.39, 0.29) is 5.69 Å². The van der Waals surface area contributed by atoms with Crippen LogP contribution in [0.1, 0.15) is 11.5 Å². The minimum absolute atomic E-state index is 0.0806. The second kappa shape index (κ2) is 8.81. The molecule has 0 spiro atoms. The van der Waals surface area contributed by atoms with Gasteiger partial charge in [0.15, 0.2) is 0 Å². The van der Waals surface area contributed by atoms with Gasteiger partial charge in [0.1, 0.15) is 11.8 Å². The van der Waals surface area contributed by atoms with Gasteiger partial charge in [-0.1, -0.05) is 5.16 Å². The molecule has 4 rings (SSSR count). The van der Waals surface area contributed by atoms with Gasteiger partial charge in [-0.15, -0.1) is 0 Å². The summed E-state index contributed by atoms with van der Waals surface area (Å²) in [6.07, 6.45) is 0. The largest absolute Gasteiger partial charge is 0.497 e. The van der Waals surface area contributed by atoms with E-state index < -0.39 is 4.92 Å². The summed E-state index contributed by atoms with van der Waals surface area (Å²) in [5.41, 5.74) is 1.79. The van der Waals surface area contributed by atoms with E-state index in [4.69, 9.17) is 9.26 Å². The van der Waals surface area contributed by atoms with Gasteiger partial charge in [-0.05, 0) is 30.3 Å². The van der Waals surface area contributed by atoms with Crippen LogP contribution < -0.4 is 9.64 Å². The predicted octanol–water partition coefficient (Wildman–Crippen LogP) is 2.85. The van der Waals surface area contributed by atoms with Crippen molar-refractivity contribution in [2.24, 2.45) is 0 Å². The van der Waals surface area contributed by atoms with Crippen LogP contribution >= 0.6 is 0 Å². The number of nitro groups is 1. The molecule has 2 aromatic carbocycles. The molecule has 1 aromatic heterocycles. The van der Waals surface area contributed by atoms with Crippen LogP contribution in [0.5, 0.6) is 5.75 Å². The smallest absolute Gasteiger partial charge is 0.270 e. The van der Waals surface area contributed by atoms with Crippen molar-refractivity contribution in [3.05, 3.63) is 64.0 Å². The Morgan fingerprint density at radius 2 is 1.94 bits per heavy atom. The first-order valence-corrected chi connectivity index (χ1v) is 9.70. The molecule has 10 nitrogen and oxygen atoms in total. The molecule has 1 aliphatic heterocycles. The SMILES string of the molecule is COc1ccc(-c2noc(CN3CCN(c4ccc([N+](=O)[O-])cc4C#N)CC3)n2)cc1. The predicted molar refractivity (Wildman–Crippen MR) is 112 cm³/mol. The summed E-state index contributed by atoms with van der Waals surface area (Å²) >= 11 is 0. The van der Waals surface area contributed by atoms with E-state index >= 15 is 0 Å². The monoisotopic (exact) mass is 420 g/mol. The van der Waals surface area contributed by atoms with E-state index in [1.54, 1.807) is 13.2 Å². The number of hydrogen-bond acceptors (Lipinski definition) is 9. The topological polar surface area (TPSA) is 122 Å². The number of ether oxygens (including phenoxy) is 1. The quantitative estimate of drug-likeness (QED) is 0.437. The first kappa shape index (κ1) is 20.3. The summed E-state index contributed by atoms with van der Waals surface area (Å²) in [6, 6.07) is 13.9. The molecule has 0 N–H and O–H groups in total. The molecule has 0 aliphatic carbocycles. The van der Waals surface area contributed by atoms with Crippen LogP contribution in [-0.4, -0.2) is 53.3 Å². The minimum atomic E-state index is -0.493. The normalized spacial score (nSPS) is 14.3. The van der Waals surface area contributed by atoms with Gasteiger partial charge in [0.2, 0.25) is 11.7 Å². The van der Waals surface area contributed by atoms with Gasteiger partial charge >= 0.3 is 0 Å². The number of nitriles is 1. The molecule has 1 saturated heterocycles. The van der Waals surface area contributed by atoms with Crippen molar-refractivity contribution < 1.29 is 14.2 Å². The average molecular weight is 420 g/mol. The summed E-state index contributed by atoms with van der Waals surface area (Å²) in [5, 5.41) is 24.4. The summed E-state index contributed by atoms with van der Waals surface area (Å²) in [7, 11) is 1.62. The van der Waals surface area contributed by atoms with Gasteiger partial charge in [0, 0.05) is 43.9 Å². The third-order valence-electron chi connectivity index (χ3n) is 5.20. The molecular weight excluding hydrogens is 400 g/mol. The van der Waals surface area contributed by atoms with Crippen LogP contribution in [0.3, 0.4) is 0 Å². The molecule has 158 valence electrons. The number of benzene rings is 2. The molecule has 0 saturated carbocycles. The van der Waals surface area contributed by atoms with Crippen molar-refractivity contribution in [1.29, 1.82) is 5.26 Å². The van der Waals surface area contributed by atoms with Gasteiger partial charge in [-0.25, -0.2) is 0 Å². The lowest BCUT2D eigenvalue weighted by molar-refractivity contribution is -0.384. The summed E-state index contributed by atoms with van der Waals surface area (Å²) in [4.78, 5) is 19.2. The summed E-state index contributed by atoms with van der Waals surface area (Å²) in [5.74, 6) is 1.83. The Hall–Kier alpha value is -3.97. The fourth-order valence-corrected chi connectivity index (χ4v) is 3.52. The number of rotatable bonds is 6. The Labute approximate surface area is 178 Å². The Morgan fingerprint density at radius 3 is 2.58 bits per heavy atom. The molecule has 0 radical (unpaired) electrons. The molecule has 0 unspecified atom stereocenters. The molecule has 2 heterocycles. The van der Waals surface area contributed by atoms with E-state index in [1.807, 2.05) is 24.3 Å². The number of nitro benzene ring substituents is 1. The van der Waals surface area contributed by atoms with Crippen LogP contribution in [0.4, 0.5) is 11.4 Å². The van der Waals surface area contributed by atoms with Crippen molar-refractivity contribution in [2.75, 3.05) is 38.2 Å². The zero-order valence-electron chi connectivity index (χ0n) is 16.9. The Balaban J connectivity index is 1.37. The minimum Gasteiger partial charge on any atom is -0.497 e. The van der Waals surface area contributed by atoms with Gasteiger partial charge in [0.05, 0.1) is 29.8 Å². The highest BCUT2D eigenvalue weighted by molar-refractivity contribution is 5.63. The zero-order valence-corrected chi connectivity index (χ0v) is 16.9. The number of non-ortho nitro benzene ring substituents is 1. The number of nitrogens with zero attached hydrogens (tertiary/aromatic N) is 6. The standard InChI is InChI=1S/C21H20N6O4/c1-30-18-5-2-15(3-6-18)21-23-20(31-24-21)14-25-8-10-26(11-9-25)19-7-4-17(27(28)29)12-16(19)13-22/h2-7,12H,8-11,14H2,1H3. The van der Waals surface area contributed by atoms with Gasteiger partial charge in [-0.3, -0.25) is 15.0 Å². The van der Waals surface area contributed by atoms with Crippen LogP contribution in [0, 0.1) is 21.4 Å². The number of piperazine rings is 1. The second-order valence-electron chi connectivity index (χ2n) is 7.07. The highest BCUT2D eigenvalue weighted by Gasteiger charge is 2.22. The number of aromatic nitrogens is 2. The molecule has 0 amide bonds. The number of anilines is 1. The van der Waals surface area contributed by atoms with Crippen molar-refractivity contribution in [1.82, 2.24) is 15.0 Å². The molecule has 10 heteroatoms. The molecule has 31 heavy (non-hydrogen) atoms. The lowest BCUT2D eigenvalue weighted by atomic mass is 10.1. The lowest BCUT2D eigenvalue weighted by Gasteiger charge is -2.35. The van der Waals surface area contributed by atoms with Crippen LogP contribution in [0.2, 0.25) is 0 Å². The number of hydrogen-bond donors (Lipinski definition) is 0. The van der Waals surface area contributed by atoms with E-state index in [2.05, 4.69) is 26.0 Å². The van der Waals surface area contributed by atoms with Gasteiger partial charge in [0.25, 0.3) is 5.69 Å². The third kappa shape index (κ3) is 4.46. The van der Waals surface area contributed by atoms with Crippen molar-refractivity contribution in [3.8, 4) is 23.2 Å². The highest BCUT2D eigenvalue weighted by atomic mass is 16.6. The van der Waals surface area contributed by atoms with Crippen LogP contribution in [0.25, 0.3) is 11.4 Å². The summed E-state index contributed by atoms with van der Waals surface area (Å²) < 4.78 is 10.6. The fourth-order valence-electron chi connectivity index (χ4n) is 3.52. The van der Waals surface area contributed by atoms with E-state index in [0.29, 0.717) is 42.6 Å². The van der Waals surface area contributed by atoms with Crippen LogP contribution in [0.15, 0.2) is 47.0 Å². The van der Waals surface area contributed by atoms with Crippen molar-refractivity contribution >= 4 is 11.4 Å². The Morgan fingerprint density at radius 1 is 1.19 bits per heavy atom. The Bertz CT molecular complexity index is 1110. The maximum absolute atomic E-state index is 10.9. The molecule has 3 aromatic rings. The highest BCUT2D eigenvalue weighted by Crippen LogP contribution is 2.26. The van der Waals surface area contributed by atoms with Crippen LogP contribution in [-0.2, 0) is 6.54 Å². The maximum Gasteiger partial charge on any atom is 0.270 e. The van der Waals surface area contributed by atoms with Crippen molar-refractivity contribution in [2.45, 2.75) is 6.54 Å². The molecule has 1 aliphatic rings. The van der Waals surface area contributed by atoms with E-state index in [9.17, 15) is 15.4 Å². The lowest BCUT2D eigenvalue weighted by Crippen LogP contribution is -2.46. The maximum atomic E-state index is 10.9. The van der Waals surface area contributed by atoms with Gasteiger partial charge in [-0.2, -0.15) is 10.2 Å². The van der Waals surface area contributed by atoms with E-state index in [0.717, 1.165) is 24.4 Å². The molecule has 0 bridgehead atoms. The summed E-state index contributed by atoms with van der Waals surface area (Å²) in [6.45, 7) is 3.38. The van der Waals surface area contributed by atoms with E-state index in [1.165, 1.54) is 12.1 Å². The first-order valence-electron chi connectivity index (χ1n) is 9.70. The zero-order chi connectivity index (χ0) is 21.8. The average Bonchev–Trinajstić information content (AvgIpc) is 3.27. The first-order chi connectivity index (χ1) is 15.1. The molecule has 0 atom stereocenters. The number of methoxy groups -OCH3 is 1.